The zero-order chi connectivity index (χ0) is 25.8. The fourth-order valence-electron chi connectivity index (χ4n) is 3.48. The summed E-state index contributed by atoms with van der Waals surface area (Å²) in [5.41, 5.74) is 7.22. The second-order valence-electron chi connectivity index (χ2n) is 9.10. The molecule has 2 aromatic rings. The molecule has 0 heterocycles. The van der Waals surface area contributed by atoms with Crippen LogP contribution in [-0.4, -0.2) is 55.3 Å². The van der Waals surface area contributed by atoms with Crippen molar-refractivity contribution in [3.63, 3.8) is 0 Å². The van der Waals surface area contributed by atoms with E-state index in [0.29, 0.717) is 19.6 Å². The molecule has 4 N–H and O–H groups in total. The lowest BCUT2D eigenvalue weighted by molar-refractivity contribution is -0.128. The molecule has 0 saturated carbocycles. The smallest absolute Gasteiger partial charge is 0.243 e. The van der Waals surface area contributed by atoms with Crippen molar-refractivity contribution >= 4 is 17.7 Å². The van der Waals surface area contributed by atoms with Crippen LogP contribution < -0.4 is 21.1 Å². The van der Waals surface area contributed by atoms with Crippen molar-refractivity contribution < 1.29 is 19.1 Å². The summed E-state index contributed by atoms with van der Waals surface area (Å²) >= 11 is 0. The Balaban J connectivity index is 2.02. The first-order valence-electron chi connectivity index (χ1n) is 11.8. The van der Waals surface area contributed by atoms with E-state index < -0.39 is 23.8 Å². The second-order valence-corrected chi connectivity index (χ2v) is 9.10. The highest BCUT2D eigenvalue weighted by Crippen LogP contribution is 2.16. The highest BCUT2D eigenvalue weighted by molar-refractivity contribution is 5.92. The van der Waals surface area contributed by atoms with Crippen molar-refractivity contribution in [3.8, 4) is 5.75 Å². The summed E-state index contributed by atoms with van der Waals surface area (Å²) in [6, 6.07) is 16.5. The molecule has 0 spiro atoms. The van der Waals surface area contributed by atoms with Crippen LogP contribution in [0.2, 0.25) is 0 Å². The molecule has 35 heavy (non-hydrogen) atoms. The molecule has 0 aliphatic heterocycles. The molecule has 189 valence electrons. The third-order valence-electron chi connectivity index (χ3n) is 5.41. The van der Waals surface area contributed by atoms with Crippen molar-refractivity contribution in [2.75, 3.05) is 20.6 Å². The van der Waals surface area contributed by atoms with Gasteiger partial charge in [0.1, 0.15) is 18.4 Å². The van der Waals surface area contributed by atoms with E-state index in [2.05, 4.69) is 10.6 Å². The minimum Gasteiger partial charge on any atom is -0.489 e. The zero-order valence-electron chi connectivity index (χ0n) is 21.0. The Kier molecular flexibility index (Phi) is 11.2. The number of amides is 3. The van der Waals surface area contributed by atoms with Crippen LogP contribution in [0.5, 0.6) is 5.75 Å². The van der Waals surface area contributed by atoms with Crippen LogP contribution in [0.3, 0.4) is 0 Å². The molecule has 2 aromatic carbocycles. The van der Waals surface area contributed by atoms with Crippen molar-refractivity contribution in [3.05, 3.63) is 72.1 Å². The van der Waals surface area contributed by atoms with Crippen LogP contribution in [0, 0.1) is 12.3 Å². The SMILES string of the molecule is CC(CN(C)C)NC(=O)C(Cc1ccc(OCc2ccccc2)cc1)NC(=O)[CH]CC(C)C(N)=O. The number of hydrogen-bond acceptors (Lipinski definition) is 5. The van der Waals surface area contributed by atoms with Gasteiger partial charge in [0, 0.05) is 24.9 Å². The molecule has 3 unspecified atom stereocenters. The quantitative estimate of drug-likeness (QED) is 0.382. The molecule has 0 aromatic heterocycles. The number of nitrogens with one attached hydrogen (secondary N) is 2. The Hall–Kier alpha value is -3.39. The number of hydrogen-bond donors (Lipinski definition) is 3. The largest absolute Gasteiger partial charge is 0.489 e. The summed E-state index contributed by atoms with van der Waals surface area (Å²) in [7, 11) is 3.86. The summed E-state index contributed by atoms with van der Waals surface area (Å²) in [5.74, 6) is -0.905. The Morgan fingerprint density at radius 3 is 2.23 bits per heavy atom. The number of carbonyl (C=O) groups is 3. The summed E-state index contributed by atoms with van der Waals surface area (Å²) in [5, 5.41) is 5.74. The number of likely N-dealkylation sites (N-methyl/N-ethyl adjacent to an activating group) is 1. The molecule has 1 radical (unpaired) electrons. The fraction of sp³-hybridized carbons (Fsp3) is 0.407. The van der Waals surface area contributed by atoms with Crippen molar-refractivity contribution in [1.29, 1.82) is 0 Å². The molecule has 0 aliphatic rings. The lowest BCUT2D eigenvalue weighted by Crippen LogP contribution is -2.51. The van der Waals surface area contributed by atoms with E-state index in [4.69, 9.17) is 10.5 Å². The van der Waals surface area contributed by atoms with E-state index in [1.165, 1.54) is 6.42 Å². The average Bonchev–Trinajstić information content (AvgIpc) is 2.81. The van der Waals surface area contributed by atoms with Gasteiger partial charge in [-0.25, -0.2) is 0 Å². The first-order valence-corrected chi connectivity index (χ1v) is 11.8. The Morgan fingerprint density at radius 1 is 0.971 bits per heavy atom. The van der Waals surface area contributed by atoms with E-state index in [-0.39, 0.29) is 18.4 Å². The van der Waals surface area contributed by atoms with Gasteiger partial charge in [-0.3, -0.25) is 14.4 Å². The third kappa shape index (κ3) is 10.6. The Labute approximate surface area is 208 Å². The third-order valence-corrected chi connectivity index (χ3v) is 5.41. The number of rotatable bonds is 14. The first-order chi connectivity index (χ1) is 16.6. The van der Waals surface area contributed by atoms with Crippen LogP contribution in [0.25, 0.3) is 0 Å². The standard InChI is InChI=1S/C27H37N4O4/c1-19(26(28)33)10-15-25(32)30-24(27(34)29-20(2)17-31(3)4)16-21-11-13-23(14-12-21)35-18-22-8-6-5-7-9-22/h5-9,11-15,19-20,24H,10,16-18H2,1-4H3,(H2,28,33)(H,29,34)(H,30,32). The van der Waals surface area contributed by atoms with Crippen LogP contribution in [0.1, 0.15) is 31.4 Å². The van der Waals surface area contributed by atoms with Gasteiger partial charge in [0.25, 0.3) is 0 Å². The molecule has 0 fully saturated rings. The van der Waals surface area contributed by atoms with Gasteiger partial charge >= 0.3 is 0 Å². The molecule has 2 rings (SSSR count). The predicted molar refractivity (Wildman–Crippen MR) is 136 cm³/mol. The number of benzene rings is 2. The van der Waals surface area contributed by atoms with E-state index in [9.17, 15) is 14.4 Å². The van der Waals surface area contributed by atoms with Crippen LogP contribution in [-0.2, 0) is 27.4 Å². The number of ether oxygens (including phenoxy) is 1. The summed E-state index contributed by atoms with van der Waals surface area (Å²) in [6.07, 6.45) is 1.88. The number of primary amides is 1. The number of nitrogens with two attached hydrogens (primary N) is 1. The zero-order valence-corrected chi connectivity index (χ0v) is 21.0. The Morgan fingerprint density at radius 2 is 1.63 bits per heavy atom. The van der Waals surface area contributed by atoms with E-state index in [1.807, 2.05) is 80.5 Å². The minimum absolute atomic E-state index is 0.0930. The molecule has 0 saturated heterocycles. The highest BCUT2D eigenvalue weighted by atomic mass is 16.5. The van der Waals surface area contributed by atoms with Gasteiger partial charge in [-0.1, -0.05) is 49.4 Å². The van der Waals surface area contributed by atoms with Gasteiger partial charge in [0.05, 0.1) is 6.42 Å². The molecular formula is C27H37N4O4. The maximum atomic E-state index is 13.0. The first kappa shape index (κ1) is 27.9. The highest BCUT2D eigenvalue weighted by Gasteiger charge is 2.23. The van der Waals surface area contributed by atoms with Gasteiger partial charge in [-0.15, -0.1) is 0 Å². The van der Waals surface area contributed by atoms with Gasteiger partial charge in [0.2, 0.25) is 17.7 Å². The van der Waals surface area contributed by atoms with Crippen LogP contribution in [0.15, 0.2) is 54.6 Å². The predicted octanol–water partition coefficient (Wildman–Crippen LogP) is 2.07. The maximum Gasteiger partial charge on any atom is 0.243 e. The van der Waals surface area contributed by atoms with Gasteiger partial charge in [0.15, 0.2) is 0 Å². The molecular weight excluding hydrogens is 444 g/mol. The lowest BCUT2D eigenvalue weighted by atomic mass is 10.0. The van der Waals surface area contributed by atoms with E-state index in [1.54, 1.807) is 6.92 Å². The second kappa shape index (κ2) is 14.1. The van der Waals surface area contributed by atoms with Crippen molar-refractivity contribution in [1.82, 2.24) is 15.5 Å². The van der Waals surface area contributed by atoms with Crippen LogP contribution >= 0.6 is 0 Å². The molecule has 8 heteroatoms. The van der Waals surface area contributed by atoms with E-state index in [0.717, 1.165) is 16.9 Å². The lowest BCUT2D eigenvalue weighted by Gasteiger charge is -2.23. The normalized spacial score (nSPS) is 13.5. The molecule has 3 amide bonds. The summed E-state index contributed by atoms with van der Waals surface area (Å²) in [6.45, 7) is 4.70. The van der Waals surface area contributed by atoms with Crippen molar-refractivity contribution in [2.45, 2.75) is 45.4 Å². The number of nitrogens with zero attached hydrogens (tertiary/aromatic N) is 1. The van der Waals surface area contributed by atoms with Gasteiger partial charge < -0.3 is 26.0 Å². The monoisotopic (exact) mass is 481 g/mol. The number of carbonyl (C=O) groups excluding carboxylic acids is 3. The Bertz CT molecular complexity index is 947. The molecule has 8 nitrogen and oxygen atoms in total. The minimum atomic E-state index is -0.775. The van der Waals surface area contributed by atoms with E-state index >= 15 is 0 Å². The van der Waals surface area contributed by atoms with Gasteiger partial charge in [-0.2, -0.15) is 0 Å². The molecule has 0 aliphatic carbocycles. The maximum absolute atomic E-state index is 13.0. The van der Waals surface area contributed by atoms with Crippen molar-refractivity contribution in [2.24, 2.45) is 11.7 Å². The van der Waals surface area contributed by atoms with Gasteiger partial charge in [-0.05, 0) is 50.7 Å². The molecule has 3 atom stereocenters. The van der Waals surface area contributed by atoms with Crippen LogP contribution in [0.4, 0.5) is 0 Å². The summed E-state index contributed by atoms with van der Waals surface area (Å²) < 4.78 is 5.83. The fourth-order valence-corrected chi connectivity index (χ4v) is 3.48. The molecule has 0 bridgehead atoms. The topological polar surface area (TPSA) is 114 Å². The average molecular weight is 482 g/mol. The summed E-state index contributed by atoms with van der Waals surface area (Å²) in [4.78, 5) is 38.7.